The van der Waals surface area contributed by atoms with Crippen molar-refractivity contribution < 1.29 is 0 Å². The Hall–Kier alpha value is -7.54. The molecule has 59 heavy (non-hydrogen) atoms. The molecule has 0 fully saturated rings. The molecule has 0 N–H and O–H groups in total. The van der Waals surface area contributed by atoms with E-state index in [0.717, 1.165) is 55.8 Å². The lowest BCUT2D eigenvalue weighted by Gasteiger charge is -2.21. The van der Waals surface area contributed by atoms with Gasteiger partial charge in [0.05, 0.1) is 16.7 Å². The van der Waals surface area contributed by atoms with Gasteiger partial charge < -0.3 is 0 Å². The van der Waals surface area contributed by atoms with Gasteiger partial charge in [-0.3, -0.25) is 9.13 Å². The highest BCUT2D eigenvalue weighted by Gasteiger charge is 2.28. The third kappa shape index (κ3) is 5.52. The quantitative estimate of drug-likeness (QED) is 0.169. The zero-order valence-electron chi connectivity index (χ0n) is 31.7. The highest BCUT2D eigenvalue weighted by atomic mass is 32.2. The lowest BCUT2D eigenvalue weighted by molar-refractivity contribution is 1.03. The molecule has 0 atom stereocenters. The van der Waals surface area contributed by atoms with Gasteiger partial charge in [0, 0.05) is 48.3 Å². The Morgan fingerprint density at radius 3 is 1.51 bits per heavy atom. The average Bonchev–Trinajstić information content (AvgIpc) is 3.83. The van der Waals surface area contributed by atoms with Crippen molar-refractivity contribution in [1.82, 2.24) is 24.1 Å². The van der Waals surface area contributed by atoms with Crippen LogP contribution in [0.25, 0.3) is 101 Å². The van der Waals surface area contributed by atoms with Crippen molar-refractivity contribution in [3.63, 3.8) is 0 Å². The van der Waals surface area contributed by atoms with Crippen LogP contribution in [-0.2, 0) is 0 Å². The number of hydrogen-bond acceptors (Lipinski definition) is 4. The first-order chi connectivity index (χ1) is 29.2. The molecule has 8 aromatic carbocycles. The van der Waals surface area contributed by atoms with Gasteiger partial charge in [0.25, 0.3) is 0 Å². The molecule has 4 heterocycles. The molecule has 0 spiro atoms. The van der Waals surface area contributed by atoms with Crippen LogP contribution in [0.2, 0.25) is 0 Å². The molecule has 5 nitrogen and oxygen atoms in total. The van der Waals surface area contributed by atoms with Gasteiger partial charge in [0.15, 0.2) is 17.5 Å². The van der Waals surface area contributed by atoms with Gasteiger partial charge >= 0.3 is 0 Å². The fourth-order valence-corrected chi connectivity index (χ4v) is 9.75. The predicted molar refractivity (Wildman–Crippen MR) is 242 cm³/mol. The van der Waals surface area contributed by atoms with Crippen LogP contribution in [0, 0.1) is 0 Å². The van der Waals surface area contributed by atoms with E-state index in [9.17, 15) is 0 Å². The van der Waals surface area contributed by atoms with Crippen LogP contribution in [0.5, 0.6) is 0 Å². The van der Waals surface area contributed by atoms with Crippen molar-refractivity contribution in [2.45, 2.75) is 9.79 Å². The number of para-hydroxylation sites is 3. The number of fused-ring (bicyclic) bond motifs is 7. The predicted octanol–water partition coefficient (Wildman–Crippen LogP) is 13.7. The zero-order chi connectivity index (χ0) is 38.9. The standard InChI is InChI=1S/C53H33N5S/c1-4-15-34(16-5-1)36-19-12-21-38(31-36)50-54-51(39-22-13-20-37(32-39)35-17-6-2-7-18-35)56-52(55-50)40-29-30-42-45(33-40)57(41-23-8-3-9-24-41)53-48(42)43-25-14-28-47-49(43)58(53)44-26-10-11-27-46(44)59-47/h1-33H. The number of aromatic nitrogens is 5. The summed E-state index contributed by atoms with van der Waals surface area (Å²) < 4.78 is 4.89. The van der Waals surface area contributed by atoms with Crippen molar-refractivity contribution in [3.05, 3.63) is 200 Å². The Kier molecular flexibility index (Phi) is 7.71. The van der Waals surface area contributed by atoms with Gasteiger partial charge in [-0.1, -0.05) is 163 Å². The summed E-state index contributed by atoms with van der Waals surface area (Å²) in [6.07, 6.45) is 0. The molecular weight excluding hydrogens is 739 g/mol. The third-order valence-corrected chi connectivity index (χ3v) is 12.5. The molecule has 0 unspecified atom stereocenters. The van der Waals surface area contributed by atoms with Crippen molar-refractivity contribution in [3.8, 4) is 67.8 Å². The van der Waals surface area contributed by atoms with E-state index in [4.69, 9.17) is 15.0 Å². The van der Waals surface area contributed by atoms with E-state index in [2.05, 4.69) is 197 Å². The number of nitrogens with zero attached hydrogens (tertiary/aromatic N) is 5. The second-order valence-corrected chi connectivity index (χ2v) is 15.9. The maximum atomic E-state index is 5.26. The molecule has 0 aliphatic carbocycles. The van der Waals surface area contributed by atoms with Crippen LogP contribution in [0.15, 0.2) is 210 Å². The maximum absolute atomic E-state index is 5.26. The summed E-state index contributed by atoms with van der Waals surface area (Å²) in [5.41, 5.74) is 13.0. The van der Waals surface area contributed by atoms with Gasteiger partial charge in [0.2, 0.25) is 0 Å². The average molecular weight is 772 g/mol. The second-order valence-electron chi connectivity index (χ2n) is 14.9. The molecule has 0 saturated carbocycles. The lowest BCUT2D eigenvalue weighted by Crippen LogP contribution is -2.05. The zero-order valence-corrected chi connectivity index (χ0v) is 32.5. The van der Waals surface area contributed by atoms with Crippen molar-refractivity contribution >= 4 is 44.6 Å². The molecule has 1 aliphatic rings. The summed E-state index contributed by atoms with van der Waals surface area (Å²) in [5.74, 6) is 1.86. The molecule has 11 aromatic rings. The number of benzene rings is 8. The monoisotopic (exact) mass is 771 g/mol. The number of rotatable bonds is 6. The minimum atomic E-state index is 0.616. The fourth-order valence-electron chi connectivity index (χ4n) is 8.65. The molecule has 12 rings (SSSR count). The SMILES string of the molecule is c1ccc(-c2cccc(-c3nc(-c4cccc(-c5ccccc5)c4)nc(-c4ccc5c6c7cccc8c7n(c6n(-c6ccccc6)c5c4)-c4ccccc4S8)n3)c2)cc1. The van der Waals surface area contributed by atoms with E-state index in [1.165, 1.54) is 37.2 Å². The van der Waals surface area contributed by atoms with Crippen LogP contribution in [-0.4, -0.2) is 24.1 Å². The molecular formula is C53H33N5S. The van der Waals surface area contributed by atoms with Crippen LogP contribution >= 0.6 is 11.8 Å². The smallest absolute Gasteiger partial charge is 0.164 e. The summed E-state index contributed by atoms with van der Waals surface area (Å²) in [6, 6.07) is 70.7. The Balaban J connectivity index is 1.11. The molecule has 0 saturated heterocycles. The van der Waals surface area contributed by atoms with E-state index < -0.39 is 0 Å². The first-order valence-electron chi connectivity index (χ1n) is 19.8. The normalized spacial score (nSPS) is 12.0. The topological polar surface area (TPSA) is 48.5 Å². The highest BCUT2D eigenvalue weighted by molar-refractivity contribution is 7.99. The largest absolute Gasteiger partial charge is 0.295 e. The Labute approximate surface area is 344 Å². The van der Waals surface area contributed by atoms with Crippen LogP contribution in [0.1, 0.15) is 0 Å². The summed E-state index contributed by atoms with van der Waals surface area (Å²) in [4.78, 5) is 18.2. The van der Waals surface area contributed by atoms with E-state index in [1.54, 1.807) is 0 Å². The Morgan fingerprint density at radius 1 is 0.356 bits per heavy atom. The summed E-state index contributed by atoms with van der Waals surface area (Å²) in [6.45, 7) is 0. The van der Waals surface area contributed by atoms with Crippen LogP contribution in [0.3, 0.4) is 0 Å². The second kappa shape index (κ2) is 13.5. The fraction of sp³-hybridized carbons (Fsp3) is 0. The Bertz CT molecular complexity index is 3310. The summed E-state index contributed by atoms with van der Waals surface area (Å²) in [7, 11) is 0. The van der Waals surface area contributed by atoms with E-state index in [1.807, 2.05) is 23.9 Å². The molecule has 0 radical (unpaired) electrons. The molecule has 0 bridgehead atoms. The molecule has 276 valence electrons. The summed E-state index contributed by atoms with van der Waals surface area (Å²) >= 11 is 1.85. The molecule has 3 aromatic heterocycles. The first-order valence-corrected chi connectivity index (χ1v) is 20.6. The minimum Gasteiger partial charge on any atom is -0.295 e. The van der Waals surface area contributed by atoms with Gasteiger partial charge in [0.1, 0.15) is 5.65 Å². The van der Waals surface area contributed by atoms with Gasteiger partial charge in [-0.15, -0.1) is 0 Å². The van der Waals surface area contributed by atoms with Crippen molar-refractivity contribution in [1.29, 1.82) is 0 Å². The van der Waals surface area contributed by atoms with Crippen molar-refractivity contribution in [2.24, 2.45) is 0 Å². The van der Waals surface area contributed by atoms with Crippen LogP contribution in [0.4, 0.5) is 0 Å². The van der Waals surface area contributed by atoms with Gasteiger partial charge in [-0.05, 0) is 70.8 Å². The van der Waals surface area contributed by atoms with E-state index in [-0.39, 0.29) is 0 Å². The molecule has 6 heteroatoms. The Morgan fingerprint density at radius 2 is 0.864 bits per heavy atom. The van der Waals surface area contributed by atoms with E-state index in [0.29, 0.717) is 17.5 Å². The third-order valence-electron chi connectivity index (χ3n) is 11.3. The first kappa shape index (κ1) is 33.6. The maximum Gasteiger partial charge on any atom is 0.164 e. The highest BCUT2D eigenvalue weighted by Crippen LogP contribution is 2.49. The van der Waals surface area contributed by atoms with Gasteiger partial charge in [-0.2, -0.15) is 0 Å². The van der Waals surface area contributed by atoms with Crippen molar-refractivity contribution in [2.75, 3.05) is 0 Å². The molecule has 1 aliphatic heterocycles. The minimum absolute atomic E-state index is 0.616. The van der Waals surface area contributed by atoms with E-state index >= 15 is 0 Å². The lowest BCUT2D eigenvalue weighted by atomic mass is 10.0. The number of hydrogen-bond donors (Lipinski definition) is 0. The van der Waals surface area contributed by atoms with Gasteiger partial charge in [-0.25, -0.2) is 15.0 Å². The molecule has 0 amide bonds. The van der Waals surface area contributed by atoms with Crippen LogP contribution < -0.4 is 0 Å². The summed E-state index contributed by atoms with van der Waals surface area (Å²) in [5, 5.41) is 3.66.